The van der Waals surface area contributed by atoms with Crippen molar-refractivity contribution in [2.75, 3.05) is 5.73 Å². The SMILES string of the molecule is Nc1cccc(OC2CCCC2)c1. The first-order chi connectivity index (χ1) is 6.34. The van der Waals surface area contributed by atoms with Crippen molar-refractivity contribution in [2.24, 2.45) is 0 Å². The summed E-state index contributed by atoms with van der Waals surface area (Å²) in [5.41, 5.74) is 6.43. The normalized spacial score (nSPS) is 17.5. The van der Waals surface area contributed by atoms with E-state index in [1.54, 1.807) is 0 Å². The van der Waals surface area contributed by atoms with Crippen LogP contribution in [0, 0.1) is 0 Å². The van der Waals surface area contributed by atoms with Crippen LogP contribution in [0.1, 0.15) is 25.7 Å². The molecule has 2 heteroatoms. The molecule has 2 N–H and O–H groups in total. The third-order valence-corrected chi connectivity index (χ3v) is 2.46. The van der Waals surface area contributed by atoms with E-state index in [0.717, 1.165) is 11.4 Å². The summed E-state index contributed by atoms with van der Waals surface area (Å²) in [6, 6.07) is 7.66. The van der Waals surface area contributed by atoms with Crippen LogP contribution in [0.15, 0.2) is 24.3 Å². The minimum atomic E-state index is 0.418. The van der Waals surface area contributed by atoms with E-state index in [0.29, 0.717) is 6.10 Å². The van der Waals surface area contributed by atoms with Gasteiger partial charge in [0.15, 0.2) is 0 Å². The zero-order chi connectivity index (χ0) is 9.10. The number of hydrogen-bond donors (Lipinski definition) is 1. The summed E-state index contributed by atoms with van der Waals surface area (Å²) >= 11 is 0. The summed E-state index contributed by atoms with van der Waals surface area (Å²) < 4.78 is 5.78. The molecule has 2 nitrogen and oxygen atoms in total. The van der Waals surface area contributed by atoms with Crippen LogP contribution in [0.2, 0.25) is 0 Å². The Balaban J connectivity index is 2.00. The van der Waals surface area contributed by atoms with Crippen LogP contribution < -0.4 is 10.5 Å². The highest BCUT2D eigenvalue weighted by Gasteiger charge is 2.16. The quantitative estimate of drug-likeness (QED) is 0.705. The van der Waals surface area contributed by atoms with E-state index in [1.807, 2.05) is 24.3 Å². The van der Waals surface area contributed by atoms with E-state index < -0.39 is 0 Å². The van der Waals surface area contributed by atoms with E-state index in [4.69, 9.17) is 10.5 Å². The fourth-order valence-electron chi connectivity index (χ4n) is 1.79. The molecule has 13 heavy (non-hydrogen) atoms. The molecule has 0 aliphatic heterocycles. The van der Waals surface area contributed by atoms with Gasteiger partial charge in [-0.2, -0.15) is 0 Å². The third-order valence-electron chi connectivity index (χ3n) is 2.46. The Kier molecular flexibility index (Phi) is 2.39. The number of hydrogen-bond acceptors (Lipinski definition) is 2. The fourth-order valence-corrected chi connectivity index (χ4v) is 1.79. The van der Waals surface area contributed by atoms with Gasteiger partial charge in [-0.15, -0.1) is 0 Å². The zero-order valence-corrected chi connectivity index (χ0v) is 7.70. The lowest BCUT2D eigenvalue weighted by Crippen LogP contribution is -2.10. The Labute approximate surface area is 78.7 Å². The van der Waals surface area contributed by atoms with Crippen molar-refractivity contribution in [3.63, 3.8) is 0 Å². The largest absolute Gasteiger partial charge is 0.490 e. The molecule has 0 spiro atoms. The molecule has 0 unspecified atom stereocenters. The van der Waals surface area contributed by atoms with Gasteiger partial charge in [0.25, 0.3) is 0 Å². The first-order valence-electron chi connectivity index (χ1n) is 4.87. The van der Waals surface area contributed by atoms with Gasteiger partial charge in [-0.3, -0.25) is 0 Å². The highest BCUT2D eigenvalue weighted by molar-refractivity contribution is 5.43. The lowest BCUT2D eigenvalue weighted by molar-refractivity contribution is 0.210. The topological polar surface area (TPSA) is 35.2 Å². The predicted molar refractivity (Wildman–Crippen MR) is 53.7 cm³/mol. The minimum absolute atomic E-state index is 0.418. The molecule has 0 atom stereocenters. The van der Waals surface area contributed by atoms with Crippen molar-refractivity contribution in [1.29, 1.82) is 0 Å². The maximum atomic E-state index is 5.78. The first-order valence-corrected chi connectivity index (χ1v) is 4.87. The van der Waals surface area contributed by atoms with Crippen LogP contribution in [-0.2, 0) is 0 Å². The fraction of sp³-hybridized carbons (Fsp3) is 0.455. The van der Waals surface area contributed by atoms with Gasteiger partial charge >= 0.3 is 0 Å². The average Bonchev–Trinajstić information content (AvgIpc) is 2.57. The van der Waals surface area contributed by atoms with E-state index in [-0.39, 0.29) is 0 Å². The van der Waals surface area contributed by atoms with Crippen molar-refractivity contribution in [3.05, 3.63) is 24.3 Å². The molecule has 1 aromatic carbocycles. The van der Waals surface area contributed by atoms with Gasteiger partial charge in [-0.1, -0.05) is 6.07 Å². The summed E-state index contributed by atoms with van der Waals surface area (Å²) in [7, 11) is 0. The van der Waals surface area contributed by atoms with Gasteiger partial charge < -0.3 is 10.5 Å². The first kappa shape index (κ1) is 8.42. The molecular weight excluding hydrogens is 162 g/mol. The van der Waals surface area contributed by atoms with Crippen molar-refractivity contribution in [2.45, 2.75) is 31.8 Å². The maximum Gasteiger partial charge on any atom is 0.121 e. The number of rotatable bonds is 2. The van der Waals surface area contributed by atoms with Crippen molar-refractivity contribution in [1.82, 2.24) is 0 Å². The molecule has 1 aliphatic rings. The molecule has 0 aromatic heterocycles. The predicted octanol–water partition coefficient (Wildman–Crippen LogP) is 2.59. The van der Waals surface area contributed by atoms with Gasteiger partial charge in [-0.25, -0.2) is 0 Å². The van der Waals surface area contributed by atoms with Crippen molar-refractivity contribution in [3.8, 4) is 5.75 Å². The molecule has 0 heterocycles. The highest BCUT2D eigenvalue weighted by Crippen LogP contribution is 2.24. The Morgan fingerprint density at radius 1 is 1.23 bits per heavy atom. The number of nitrogens with two attached hydrogens (primary N) is 1. The highest BCUT2D eigenvalue weighted by atomic mass is 16.5. The Bertz CT molecular complexity index is 279. The molecule has 0 amide bonds. The number of ether oxygens (including phenoxy) is 1. The summed E-state index contributed by atoms with van der Waals surface area (Å²) in [6.07, 6.45) is 5.39. The molecular formula is C11H15NO. The Morgan fingerprint density at radius 2 is 2.00 bits per heavy atom. The molecule has 1 aliphatic carbocycles. The lowest BCUT2D eigenvalue weighted by Gasteiger charge is -2.12. The van der Waals surface area contributed by atoms with Gasteiger partial charge in [0.05, 0.1) is 6.10 Å². The van der Waals surface area contributed by atoms with E-state index in [9.17, 15) is 0 Å². The molecule has 1 saturated carbocycles. The van der Waals surface area contributed by atoms with Crippen LogP contribution in [-0.4, -0.2) is 6.10 Å². The average molecular weight is 177 g/mol. The zero-order valence-electron chi connectivity index (χ0n) is 7.70. The van der Waals surface area contributed by atoms with Gasteiger partial charge in [0.2, 0.25) is 0 Å². The van der Waals surface area contributed by atoms with Crippen molar-refractivity contribution >= 4 is 5.69 Å². The van der Waals surface area contributed by atoms with E-state index in [1.165, 1.54) is 25.7 Å². The van der Waals surface area contributed by atoms with Gasteiger partial charge in [0.1, 0.15) is 5.75 Å². The van der Waals surface area contributed by atoms with Crippen LogP contribution in [0.4, 0.5) is 5.69 Å². The monoisotopic (exact) mass is 177 g/mol. The number of nitrogen functional groups attached to an aromatic ring is 1. The van der Waals surface area contributed by atoms with E-state index >= 15 is 0 Å². The second-order valence-electron chi connectivity index (χ2n) is 3.60. The standard InChI is InChI=1S/C11H15NO/c12-9-4-3-7-11(8-9)13-10-5-1-2-6-10/h3-4,7-8,10H,1-2,5-6,12H2. The minimum Gasteiger partial charge on any atom is -0.490 e. The Hall–Kier alpha value is -1.18. The summed E-state index contributed by atoms with van der Waals surface area (Å²) in [5, 5.41) is 0. The molecule has 1 fully saturated rings. The van der Waals surface area contributed by atoms with Crippen molar-refractivity contribution < 1.29 is 4.74 Å². The molecule has 0 bridgehead atoms. The smallest absolute Gasteiger partial charge is 0.121 e. The van der Waals surface area contributed by atoms with Crippen LogP contribution in [0.3, 0.4) is 0 Å². The second-order valence-corrected chi connectivity index (χ2v) is 3.60. The number of anilines is 1. The van der Waals surface area contributed by atoms with Crippen LogP contribution in [0.5, 0.6) is 5.75 Å². The molecule has 2 rings (SSSR count). The van der Waals surface area contributed by atoms with Gasteiger partial charge in [0, 0.05) is 11.8 Å². The molecule has 70 valence electrons. The number of benzene rings is 1. The second kappa shape index (κ2) is 3.69. The molecule has 1 aromatic rings. The van der Waals surface area contributed by atoms with Crippen LogP contribution >= 0.6 is 0 Å². The molecule has 0 saturated heterocycles. The Morgan fingerprint density at radius 3 is 2.69 bits per heavy atom. The lowest BCUT2D eigenvalue weighted by atomic mass is 10.3. The maximum absolute atomic E-state index is 5.78. The molecule has 0 radical (unpaired) electrons. The van der Waals surface area contributed by atoms with Crippen LogP contribution in [0.25, 0.3) is 0 Å². The summed E-state index contributed by atoms with van der Waals surface area (Å²) in [4.78, 5) is 0. The summed E-state index contributed by atoms with van der Waals surface area (Å²) in [5.74, 6) is 0.909. The van der Waals surface area contributed by atoms with E-state index in [2.05, 4.69) is 0 Å². The van der Waals surface area contributed by atoms with Gasteiger partial charge in [-0.05, 0) is 37.8 Å². The summed E-state index contributed by atoms with van der Waals surface area (Å²) in [6.45, 7) is 0. The third kappa shape index (κ3) is 2.14.